The van der Waals surface area contributed by atoms with Gasteiger partial charge in [0.15, 0.2) is 0 Å². The molecular weight excluding hydrogens is 362 g/mol. The van der Waals surface area contributed by atoms with E-state index in [2.05, 4.69) is 10.3 Å². The van der Waals surface area contributed by atoms with E-state index in [9.17, 15) is 9.59 Å². The molecule has 1 amide bonds. The maximum absolute atomic E-state index is 12.6. The van der Waals surface area contributed by atoms with Crippen LogP contribution in [0.2, 0.25) is 5.02 Å². The fourth-order valence-electron chi connectivity index (χ4n) is 2.48. The molecule has 3 rings (SSSR count). The van der Waals surface area contributed by atoms with Gasteiger partial charge in [0.25, 0.3) is 5.56 Å². The highest BCUT2D eigenvalue weighted by Gasteiger charge is 2.14. The molecule has 0 atom stereocenters. The molecule has 0 aliphatic rings. The molecule has 0 saturated heterocycles. The minimum atomic E-state index is -0.339. The van der Waals surface area contributed by atoms with Crippen LogP contribution in [0.5, 0.6) is 5.75 Å². The van der Waals surface area contributed by atoms with Gasteiger partial charge in [0, 0.05) is 10.6 Å². The van der Waals surface area contributed by atoms with E-state index in [0.29, 0.717) is 26.7 Å². The Kier molecular flexibility index (Phi) is 4.78. The van der Waals surface area contributed by atoms with Crippen LogP contribution in [0.15, 0.2) is 29.3 Å². The fourth-order valence-corrected chi connectivity index (χ4v) is 3.73. The Bertz CT molecular complexity index is 1030. The summed E-state index contributed by atoms with van der Waals surface area (Å²) in [5.41, 5.74) is 1.23. The van der Waals surface area contributed by atoms with Crippen LogP contribution in [-0.4, -0.2) is 22.6 Å². The Labute approximate surface area is 153 Å². The topological polar surface area (TPSA) is 73.2 Å². The molecule has 130 valence electrons. The van der Waals surface area contributed by atoms with Crippen LogP contribution in [0.3, 0.4) is 0 Å². The molecule has 0 unspecified atom stereocenters. The van der Waals surface area contributed by atoms with E-state index >= 15 is 0 Å². The van der Waals surface area contributed by atoms with Crippen LogP contribution in [0.4, 0.5) is 5.69 Å². The Morgan fingerprint density at radius 2 is 2.16 bits per heavy atom. The van der Waals surface area contributed by atoms with Gasteiger partial charge in [-0.1, -0.05) is 11.6 Å². The first-order chi connectivity index (χ1) is 11.9. The number of aromatic nitrogens is 2. The lowest BCUT2D eigenvalue weighted by Gasteiger charge is -2.09. The smallest absolute Gasteiger partial charge is 0.262 e. The van der Waals surface area contributed by atoms with E-state index in [1.54, 1.807) is 18.2 Å². The molecule has 25 heavy (non-hydrogen) atoms. The number of nitrogens with one attached hydrogen (secondary N) is 1. The predicted octanol–water partition coefficient (Wildman–Crippen LogP) is 3.38. The molecular formula is C17H16ClN3O3S. The predicted molar refractivity (Wildman–Crippen MR) is 100.0 cm³/mol. The van der Waals surface area contributed by atoms with Crippen molar-refractivity contribution in [2.45, 2.75) is 20.4 Å². The van der Waals surface area contributed by atoms with Gasteiger partial charge in [-0.2, -0.15) is 0 Å². The third-order valence-electron chi connectivity index (χ3n) is 3.91. The highest BCUT2D eigenvalue weighted by Crippen LogP contribution is 2.27. The number of benzene rings is 1. The van der Waals surface area contributed by atoms with E-state index in [1.807, 2.05) is 13.8 Å². The molecule has 6 nitrogen and oxygen atoms in total. The first-order valence-corrected chi connectivity index (χ1v) is 8.68. The van der Waals surface area contributed by atoms with Crippen LogP contribution in [-0.2, 0) is 11.3 Å². The second-order valence-corrected chi connectivity index (χ2v) is 7.15. The summed E-state index contributed by atoms with van der Waals surface area (Å²) >= 11 is 7.52. The van der Waals surface area contributed by atoms with Crippen molar-refractivity contribution in [1.82, 2.24) is 9.55 Å². The second kappa shape index (κ2) is 6.85. The molecule has 0 aliphatic carbocycles. The number of anilines is 1. The Balaban J connectivity index is 1.82. The normalized spacial score (nSPS) is 10.9. The number of hydrogen-bond acceptors (Lipinski definition) is 5. The van der Waals surface area contributed by atoms with Crippen LogP contribution in [0.1, 0.15) is 10.4 Å². The van der Waals surface area contributed by atoms with Gasteiger partial charge in [0.1, 0.15) is 17.1 Å². The molecule has 1 aromatic carbocycles. The van der Waals surface area contributed by atoms with Crippen LogP contribution >= 0.6 is 22.9 Å². The van der Waals surface area contributed by atoms with Gasteiger partial charge >= 0.3 is 0 Å². The van der Waals surface area contributed by atoms with Crippen LogP contribution < -0.4 is 15.6 Å². The standard InChI is InChI=1S/C17H16ClN3O3S/c1-9-10(2)25-16-15(9)17(23)21(8-19-16)7-14(22)20-11-4-5-13(24-3)12(18)6-11/h4-6,8H,7H2,1-3H3,(H,20,22). The molecule has 0 saturated carbocycles. The monoisotopic (exact) mass is 377 g/mol. The van der Waals surface area contributed by atoms with Gasteiger partial charge in [0.2, 0.25) is 5.91 Å². The Hall–Kier alpha value is -2.38. The molecule has 1 N–H and O–H groups in total. The van der Waals surface area contributed by atoms with Gasteiger partial charge in [-0.15, -0.1) is 11.3 Å². The van der Waals surface area contributed by atoms with Crippen molar-refractivity contribution in [2.75, 3.05) is 12.4 Å². The van der Waals surface area contributed by atoms with E-state index in [1.165, 1.54) is 29.3 Å². The second-order valence-electron chi connectivity index (χ2n) is 5.54. The minimum Gasteiger partial charge on any atom is -0.495 e. The minimum absolute atomic E-state index is 0.125. The summed E-state index contributed by atoms with van der Waals surface area (Å²) in [5.74, 6) is 0.183. The SMILES string of the molecule is COc1ccc(NC(=O)Cn2cnc3sc(C)c(C)c3c2=O)cc1Cl. The quantitative estimate of drug-likeness (QED) is 0.756. The van der Waals surface area contributed by atoms with Crippen molar-refractivity contribution in [3.05, 3.63) is 50.3 Å². The molecule has 2 heterocycles. The van der Waals surface area contributed by atoms with Gasteiger partial charge in [-0.25, -0.2) is 4.98 Å². The summed E-state index contributed by atoms with van der Waals surface area (Å²) in [6.45, 7) is 3.71. The van der Waals surface area contributed by atoms with Crippen molar-refractivity contribution in [3.8, 4) is 5.75 Å². The molecule has 0 bridgehead atoms. The lowest BCUT2D eigenvalue weighted by molar-refractivity contribution is -0.116. The number of fused-ring (bicyclic) bond motifs is 1. The van der Waals surface area contributed by atoms with Crippen molar-refractivity contribution in [1.29, 1.82) is 0 Å². The molecule has 0 spiro atoms. The number of hydrogen-bond donors (Lipinski definition) is 1. The van der Waals surface area contributed by atoms with Gasteiger partial charge in [-0.05, 0) is 37.6 Å². The molecule has 3 aromatic rings. The number of methoxy groups -OCH3 is 1. The zero-order valence-corrected chi connectivity index (χ0v) is 15.5. The molecule has 0 radical (unpaired) electrons. The number of rotatable bonds is 4. The van der Waals surface area contributed by atoms with Crippen molar-refractivity contribution in [3.63, 3.8) is 0 Å². The number of nitrogens with zero attached hydrogens (tertiary/aromatic N) is 2. The summed E-state index contributed by atoms with van der Waals surface area (Å²) in [5, 5.41) is 3.68. The summed E-state index contributed by atoms with van der Waals surface area (Å²) < 4.78 is 6.38. The van der Waals surface area contributed by atoms with Gasteiger partial charge < -0.3 is 10.1 Å². The average Bonchev–Trinajstić information content (AvgIpc) is 2.85. The zero-order chi connectivity index (χ0) is 18.1. The van der Waals surface area contributed by atoms with Gasteiger partial charge in [-0.3, -0.25) is 14.2 Å². The highest BCUT2D eigenvalue weighted by molar-refractivity contribution is 7.18. The number of ether oxygens (including phenoxy) is 1. The van der Waals surface area contributed by atoms with E-state index < -0.39 is 0 Å². The lowest BCUT2D eigenvalue weighted by Crippen LogP contribution is -2.27. The van der Waals surface area contributed by atoms with E-state index in [4.69, 9.17) is 16.3 Å². The maximum atomic E-state index is 12.6. The molecule has 0 fully saturated rings. The van der Waals surface area contributed by atoms with E-state index in [-0.39, 0.29) is 18.0 Å². The first-order valence-electron chi connectivity index (χ1n) is 7.49. The fraction of sp³-hybridized carbons (Fsp3) is 0.235. The van der Waals surface area contributed by atoms with Crippen LogP contribution in [0, 0.1) is 13.8 Å². The summed E-state index contributed by atoms with van der Waals surface area (Å²) in [6, 6.07) is 4.93. The summed E-state index contributed by atoms with van der Waals surface area (Å²) in [6.07, 6.45) is 1.40. The Morgan fingerprint density at radius 3 is 2.84 bits per heavy atom. The third kappa shape index (κ3) is 3.38. The van der Waals surface area contributed by atoms with Crippen molar-refractivity contribution in [2.24, 2.45) is 0 Å². The number of aryl methyl sites for hydroxylation is 2. The summed E-state index contributed by atoms with van der Waals surface area (Å²) in [7, 11) is 1.52. The molecule has 0 aliphatic heterocycles. The number of carbonyl (C=O) groups is 1. The zero-order valence-electron chi connectivity index (χ0n) is 13.9. The Morgan fingerprint density at radius 1 is 1.40 bits per heavy atom. The van der Waals surface area contributed by atoms with Crippen LogP contribution in [0.25, 0.3) is 10.2 Å². The number of thiophene rings is 1. The molecule has 8 heteroatoms. The highest BCUT2D eigenvalue weighted by atomic mass is 35.5. The largest absolute Gasteiger partial charge is 0.495 e. The summed E-state index contributed by atoms with van der Waals surface area (Å²) in [4.78, 5) is 30.9. The molecule has 2 aromatic heterocycles. The third-order valence-corrected chi connectivity index (χ3v) is 5.32. The number of halogens is 1. The maximum Gasteiger partial charge on any atom is 0.262 e. The first kappa shape index (κ1) is 17.4. The van der Waals surface area contributed by atoms with Crippen molar-refractivity contribution >= 4 is 44.7 Å². The lowest BCUT2D eigenvalue weighted by atomic mass is 10.2. The number of amides is 1. The number of carbonyl (C=O) groups excluding carboxylic acids is 1. The van der Waals surface area contributed by atoms with Crippen molar-refractivity contribution < 1.29 is 9.53 Å². The van der Waals surface area contributed by atoms with Gasteiger partial charge in [0.05, 0.1) is 23.8 Å². The average molecular weight is 378 g/mol. The van der Waals surface area contributed by atoms with E-state index in [0.717, 1.165) is 10.4 Å².